The molecule has 7 aliphatic rings. The third-order valence-electron chi connectivity index (χ3n) is 17.1. The smallest absolute Gasteiger partial charge is 0.324 e. The molecule has 5 saturated heterocycles. The normalized spacial score (nSPS) is 26.0. The highest BCUT2D eigenvalue weighted by Crippen LogP contribution is 2.47. The van der Waals surface area contributed by atoms with Crippen LogP contribution in [-0.2, 0) is 46.2 Å². The van der Waals surface area contributed by atoms with E-state index in [0.29, 0.717) is 78.4 Å². The number of urea groups is 1. The van der Waals surface area contributed by atoms with Crippen LogP contribution in [0, 0.1) is 10.8 Å². The summed E-state index contributed by atoms with van der Waals surface area (Å²) in [5.41, 5.74) is 10.6. The van der Waals surface area contributed by atoms with Crippen LogP contribution in [0.2, 0.25) is 0 Å². The number of nitrogens with one attached hydrogen (secondary N) is 2. The first-order valence-corrected chi connectivity index (χ1v) is 28.5. The number of carbonyl (C=O) groups excluding carboxylic acids is 3. The van der Waals surface area contributed by atoms with E-state index in [1.54, 1.807) is 24.1 Å². The van der Waals surface area contributed by atoms with Gasteiger partial charge in [0.1, 0.15) is 17.1 Å². The van der Waals surface area contributed by atoms with Crippen molar-refractivity contribution < 1.29 is 38.1 Å². The lowest BCUT2D eigenvalue weighted by Gasteiger charge is -2.58. The molecule has 11 rings (SSSR count). The summed E-state index contributed by atoms with van der Waals surface area (Å²) in [6.45, 7) is 19.9. The fraction of sp³-hybridized carbons (Fsp3) is 0.661. The number of hydrogen-bond acceptors (Lipinski definition) is 15. The van der Waals surface area contributed by atoms with Crippen LogP contribution in [0.3, 0.4) is 0 Å². The third kappa shape index (κ3) is 10.7. The monoisotopic (exact) mass is 1050 g/mol. The Labute approximate surface area is 445 Å². The molecule has 75 heavy (non-hydrogen) atoms. The SMILES string of the molecule is COCCC(C)OCCn1c(-c2cc(N3CCN(C4CC4)CC3)cnc2[C@H](C)OC)c2c3cc(ccc31)-c1csc(n1)[C@@H](N1CC3(COC3)C1)[C@H](NC(=O)N1CC[C@H]1C)C(=O)N1CCCC(N1)C(=O)OCC(C)(C)C2. The van der Waals surface area contributed by atoms with Crippen LogP contribution in [0.1, 0.15) is 102 Å². The number of esters is 1. The van der Waals surface area contributed by atoms with Gasteiger partial charge in [-0.25, -0.2) is 15.2 Å². The fourth-order valence-corrected chi connectivity index (χ4v) is 13.2. The number of piperazine rings is 1. The minimum absolute atomic E-state index is 0.00547. The van der Waals surface area contributed by atoms with E-state index < -0.39 is 29.5 Å². The van der Waals surface area contributed by atoms with Gasteiger partial charge in [0.25, 0.3) is 5.91 Å². The molecule has 1 aliphatic carbocycles. The predicted octanol–water partition coefficient (Wildman–Crippen LogP) is 6.43. The highest BCUT2D eigenvalue weighted by molar-refractivity contribution is 7.10. The lowest BCUT2D eigenvalue weighted by Crippen LogP contribution is -2.70. The molecule has 6 fully saturated rings. The molecule has 19 heteroatoms. The molecule has 0 radical (unpaired) electrons. The number of ether oxygens (including phenoxy) is 5. The van der Waals surface area contributed by atoms with Crippen LogP contribution < -0.4 is 15.6 Å². The van der Waals surface area contributed by atoms with Crippen molar-refractivity contribution in [2.24, 2.45) is 10.8 Å². The van der Waals surface area contributed by atoms with Gasteiger partial charge >= 0.3 is 12.0 Å². The van der Waals surface area contributed by atoms with Gasteiger partial charge in [0.05, 0.1) is 73.6 Å². The first-order valence-electron chi connectivity index (χ1n) is 27.6. The molecule has 4 aromatic rings. The molecule has 2 N–H and O–H groups in total. The summed E-state index contributed by atoms with van der Waals surface area (Å²) in [4.78, 5) is 63.6. The summed E-state index contributed by atoms with van der Waals surface area (Å²) in [6.07, 6.45) is 7.63. The molecule has 406 valence electrons. The second-order valence-corrected chi connectivity index (χ2v) is 24.3. The van der Waals surface area contributed by atoms with Crippen molar-refractivity contribution in [3.63, 3.8) is 0 Å². The Bertz CT molecular complexity index is 2720. The summed E-state index contributed by atoms with van der Waals surface area (Å²) >= 11 is 1.52. The van der Waals surface area contributed by atoms with E-state index in [4.69, 9.17) is 33.7 Å². The van der Waals surface area contributed by atoms with Crippen LogP contribution in [0.15, 0.2) is 35.8 Å². The van der Waals surface area contributed by atoms with Gasteiger partial charge in [0.15, 0.2) is 0 Å². The molecule has 3 aromatic heterocycles. The van der Waals surface area contributed by atoms with E-state index in [1.165, 1.54) is 24.2 Å². The predicted molar refractivity (Wildman–Crippen MR) is 287 cm³/mol. The van der Waals surface area contributed by atoms with Gasteiger partial charge in [0.2, 0.25) is 0 Å². The number of aromatic nitrogens is 3. The van der Waals surface area contributed by atoms with Gasteiger partial charge in [-0.3, -0.25) is 29.4 Å². The molecule has 3 amide bonds. The Morgan fingerprint density at radius 2 is 1.77 bits per heavy atom. The standard InChI is InChI=1S/C56H78N10O8S/c1-35-14-17-64(35)54(69)59-48-50(63-30-56(31-63)33-72-34-56)51-58-45(29-75-51)38-10-13-46-41(25-38)43(27-55(4,5)32-74-53(68)44-9-8-16-66(60-44)52(48)67)49(65(46)22-24-73-36(2)15-23-70-6)42-26-40(28-57-47(42)37(3)71-7)62-20-18-61(19-21-62)39-11-12-39/h10,13,25-26,28-29,35-37,39,44,48,50,60H,8-9,11-12,14-24,27,30-34H2,1-7H3,(H,59,69)/t35-,36?,37+,44?,48+,50+/m1/s1. The summed E-state index contributed by atoms with van der Waals surface area (Å²) in [6, 6.07) is 7.14. The number of cyclic esters (lactones) is 1. The quantitative estimate of drug-likeness (QED) is 0.133. The minimum Gasteiger partial charge on any atom is -0.464 e. The van der Waals surface area contributed by atoms with Crippen molar-refractivity contribution in [1.29, 1.82) is 0 Å². The second kappa shape index (κ2) is 21.6. The van der Waals surface area contributed by atoms with Gasteiger partial charge < -0.3 is 43.4 Å². The van der Waals surface area contributed by atoms with Crippen molar-refractivity contribution in [3.8, 4) is 22.5 Å². The summed E-state index contributed by atoms with van der Waals surface area (Å²) in [5, 5.41) is 8.66. The molecule has 18 nitrogen and oxygen atoms in total. The number of fused-ring (bicyclic) bond motifs is 6. The Kier molecular flexibility index (Phi) is 15.1. The van der Waals surface area contributed by atoms with Gasteiger partial charge in [-0.2, -0.15) is 0 Å². The Morgan fingerprint density at radius 1 is 0.973 bits per heavy atom. The van der Waals surface area contributed by atoms with E-state index in [2.05, 4.69) is 87.3 Å². The molecule has 6 bridgehead atoms. The van der Waals surface area contributed by atoms with Crippen molar-refractivity contribution >= 4 is 45.8 Å². The maximum absolute atomic E-state index is 15.2. The molecule has 1 aromatic carbocycles. The van der Waals surface area contributed by atoms with E-state index >= 15 is 4.79 Å². The number of hydrazine groups is 1. The molecular weight excluding hydrogens is 973 g/mol. The zero-order chi connectivity index (χ0) is 52.2. The number of thiazole rings is 1. The lowest BCUT2D eigenvalue weighted by molar-refractivity contribution is -0.202. The number of carbonyl (C=O) groups is 3. The van der Waals surface area contributed by atoms with Gasteiger partial charge in [-0.05, 0) is 89.5 Å². The zero-order valence-electron chi connectivity index (χ0n) is 45.1. The summed E-state index contributed by atoms with van der Waals surface area (Å²) in [7, 11) is 3.46. The Balaban J connectivity index is 1.06. The average molecular weight is 1050 g/mol. The molecule has 1 saturated carbocycles. The minimum atomic E-state index is -0.997. The topological polar surface area (TPSA) is 168 Å². The van der Waals surface area contributed by atoms with Crippen molar-refractivity contribution in [2.45, 2.75) is 129 Å². The third-order valence-corrected chi connectivity index (χ3v) is 18.0. The van der Waals surface area contributed by atoms with Crippen molar-refractivity contribution in [2.75, 3.05) is 105 Å². The van der Waals surface area contributed by atoms with E-state index in [-0.39, 0.29) is 42.2 Å². The number of amides is 3. The largest absolute Gasteiger partial charge is 0.464 e. The molecule has 2 unspecified atom stereocenters. The number of pyridine rings is 1. The van der Waals surface area contributed by atoms with Crippen LogP contribution in [0.25, 0.3) is 33.4 Å². The molecule has 6 aliphatic heterocycles. The number of benzene rings is 1. The lowest BCUT2D eigenvalue weighted by atomic mass is 9.76. The second-order valence-electron chi connectivity index (χ2n) is 23.4. The van der Waals surface area contributed by atoms with E-state index in [0.717, 1.165) is 100 Å². The first kappa shape index (κ1) is 52.3. The molecule has 9 heterocycles. The van der Waals surface area contributed by atoms with Crippen LogP contribution in [0.5, 0.6) is 0 Å². The number of anilines is 1. The maximum atomic E-state index is 15.2. The number of methoxy groups -OCH3 is 2. The highest BCUT2D eigenvalue weighted by Gasteiger charge is 2.55. The summed E-state index contributed by atoms with van der Waals surface area (Å²) in [5.74, 6) is -0.715. The number of likely N-dealkylation sites (tertiary alicyclic amines) is 2. The fourth-order valence-electron chi connectivity index (χ4n) is 12.2. The molecule has 1 spiro atoms. The van der Waals surface area contributed by atoms with Crippen LogP contribution >= 0.6 is 11.3 Å². The van der Waals surface area contributed by atoms with Crippen LogP contribution in [0.4, 0.5) is 10.5 Å². The van der Waals surface area contributed by atoms with Gasteiger partial charge in [-0.15, -0.1) is 11.3 Å². The van der Waals surface area contributed by atoms with E-state index in [9.17, 15) is 9.59 Å². The maximum Gasteiger partial charge on any atom is 0.324 e. The number of hydrogen-bond donors (Lipinski definition) is 2. The highest BCUT2D eigenvalue weighted by atomic mass is 32.1. The Morgan fingerprint density at radius 3 is 2.47 bits per heavy atom. The first-order chi connectivity index (χ1) is 36.2. The zero-order valence-corrected chi connectivity index (χ0v) is 45.9. The Hall–Kier alpha value is -4.73. The summed E-state index contributed by atoms with van der Waals surface area (Å²) < 4.78 is 32.5. The van der Waals surface area contributed by atoms with Gasteiger partial charge in [0, 0.05) is 130 Å². The van der Waals surface area contributed by atoms with Crippen molar-refractivity contribution in [1.82, 2.24) is 45.0 Å². The number of nitrogens with zero attached hydrogens (tertiary/aromatic N) is 8. The van der Waals surface area contributed by atoms with Crippen molar-refractivity contribution in [3.05, 3.63) is 52.1 Å². The van der Waals surface area contributed by atoms with E-state index in [1.807, 2.05) is 13.1 Å². The molecule has 6 atom stereocenters. The number of rotatable bonds is 14. The van der Waals surface area contributed by atoms with Gasteiger partial charge in [-0.1, -0.05) is 19.9 Å². The average Bonchev–Trinajstić information content (AvgIpc) is 4.07. The van der Waals surface area contributed by atoms with Crippen LogP contribution in [-0.4, -0.2) is 182 Å². The molecular formula is C56H78N10O8S.